The van der Waals surface area contributed by atoms with Gasteiger partial charge in [-0.2, -0.15) is 0 Å². The lowest BCUT2D eigenvalue weighted by atomic mass is 10.3. The maximum absolute atomic E-state index is 11.9. The second kappa shape index (κ2) is 9.66. The number of carbonyl (C=O) groups is 3. The van der Waals surface area contributed by atoms with E-state index in [4.69, 9.17) is 14.2 Å². The van der Waals surface area contributed by atoms with E-state index in [0.717, 1.165) is 0 Å². The van der Waals surface area contributed by atoms with Crippen molar-refractivity contribution in [2.75, 3.05) is 26.1 Å². The summed E-state index contributed by atoms with van der Waals surface area (Å²) in [5.74, 6) is -1.26. The zero-order valence-electron chi connectivity index (χ0n) is 14.8. The number of nitrogens with one attached hydrogen (secondary N) is 3. The molecule has 0 saturated heterocycles. The number of carbonyl (C=O) groups excluding carboxylic acids is 3. The van der Waals surface area contributed by atoms with Crippen molar-refractivity contribution in [3.63, 3.8) is 0 Å². The molecule has 0 radical (unpaired) electrons. The lowest BCUT2D eigenvalue weighted by Crippen LogP contribution is -2.48. The molecule has 27 heavy (non-hydrogen) atoms. The van der Waals surface area contributed by atoms with E-state index in [2.05, 4.69) is 10.7 Å². The van der Waals surface area contributed by atoms with Crippen LogP contribution in [0.15, 0.2) is 48.5 Å². The second-order valence-electron chi connectivity index (χ2n) is 5.12. The maximum Gasteiger partial charge on any atom is 0.328 e. The molecule has 3 N–H and O–H groups in total. The third-order valence-electron chi connectivity index (χ3n) is 3.29. The maximum atomic E-state index is 11.9. The van der Waals surface area contributed by atoms with Gasteiger partial charge in [0.25, 0.3) is 5.91 Å². The van der Waals surface area contributed by atoms with E-state index in [1.807, 2.05) is 5.43 Å². The highest BCUT2D eigenvalue weighted by Crippen LogP contribution is 2.22. The van der Waals surface area contributed by atoms with Crippen LogP contribution >= 0.6 is 0 Å². The van der Waals surface area contributed by atoms with Crippen LogP contribution < -0.4 is 30.4 Å². The highest BCUT2D eigenvalue weighted by molar-refractivity contribution is 6.39. The minimum atomic E-state index is -1.05. The molecule has 2 rings (SSSR count). The highest BCUT2D eigenvalue weighted by Gasteiger charge is 2.16. The molecular formula is C18H19N3O6. The Hall–Kier alpha value is -3.75. The van der Waals surface area contributed by atoms with Gasteiger partial charge < -0.3 is 19.5 Å². The van der Waals surface area contributed by atoms with Gasteiger partial charge in [-0.3, -0.25) is 25.2 Å². The molecule has 0 aliphatic rings. The first-order chi connectivity index (χ1) is 13.0. The molecule has 142 valence electrons. The fourth-order valence-electron chi connectivity index (χ4n) is 1.99. The van der Waals surface area contributed by atoms with Crippen LogP contribution in [0.1, 0.15) is 0 Å². The van der Waals surface area contributed by atoms with E-state index in [-0.39, 0.29) is 6.61 Å². The van der Waals surface area contributed by atoms with Gasteiger partial charge in [0.05, 0.1) is 19.9 Å². The molecule has 9 nitrogen and oxygen atoms in total. The first-order valence-corrected chi connectivity index (χ1v) is 7.83. The number of amides is 3. The third kappa shape index (κ3) is 5.92. The molecule has 0 saturated carbocycles. The van der Waals surface area contributed by atoms with Crippen LogP contribution in [-0.2, 0) is 14.4 Å². The molecule has 0 unspecified atom stereocenters. The van der Waals surface area contributed by atoms with Crippen LogP contribution in [0.2, 0.25) is 0 Å². The molecule has 0 fully saturated rings. The molecule has 3 amide bonds. The summed E-state index contributed by atoms with van der Waals surface area (Å²) in [7, 11) is 2.95. The third-order valence-corrected chi connectivity index (χ3v) is 3.29. The fourth-order valence-corrected chi connectivity index (χ4v) is 1.99. The largest absolute Gasteiger partial charge is 0.497 e. The minimum Gasteiger partial charge on any atom is -0.497 e. The summed E-state index contributed by atoms with van der Waals surface area (Å²) in [6.45, 7) is -0.360. The average Bonchev–Trinajstić information content (AvgIpc) is 2.70. The molecule has 2 aromatic rings. The Morgan fingerprint density at radius 3 is 2.33 bits per heavy atom. The standard InChI is InChI=1S/C18H19N3O6/c1-25-12-6-5-7-13(10-12)27-11-16(22)20-21-18(24)17(23)19-14-8-3-4-9-15(14)26-2/h3-10H,11H2,1-2H3,(H,19,23)(H,20,22)(H,21,24). The molecule has 2 aromatic carbocycles. The van der Waals surface area contributed by atoms with Gasteiger partial charge in [0, 0.05) is 6.07 Å². The molecular weight excluding hydrogens is 354 g/mol. The smallest absolute Gasteiger partial charge is 0.328 e. The number of para-hydroxylation sites is 2. The summed E-state index contributed by atoms with van der Waals surface area (Å²) >= 11 is 0. The van der Waals surface area contributed by atoms with Gasteiger partial charge in [0.1, 0.15) is 17.2 Å². The van der Waals surface area contributed by atoms with Crippen LogP contribution in [0.3, 0.4) is 0 Å². The lowest BCUT2D eigenvalue weighted by Gasteiger charge is -2.11. The van der Waals surface area contributed by atoms with Crippen molar-refractivity contribution in [3.05, 3.63) is 48.5 Å². The van der Waals surface area contributed by atoms with E-state index in [1.54, 1.807) is 48.5 Å². The normalized spacial score (nSPS) is 9.70. The molecule has 0 aliphatic carbocycles. The topological polar surface area (TPSA) is 115 Å². The van der Waals surface area contributed by atoms with Gasteiger partial charge in [-0.15, -0.1) is 0 Å². The van der Waals surface area contributed by atoms with Crippen LogP contribution in [0, 0.1) is 0 Å². The van der Waals surface area contributed by atoms with Gasteiger partial charge in [-0.25, -0.2) is 0 Å². The Kier molecular flexibility index (Phi) is 7.00. The predicted octanol–water partition coefficient (Wildman–Crippen LogP) is 0.869. The van der Waals surface area contributed by atoms with Crippen molar-refractivity contribution in [1.29, 1.82) is 0 Å². The van der Waals surface area contributed by atoms with Crippen LogP contribution in [0.25, 0.3) is 0 Å². The van der Waals surface area contributed by atoms with Crippen molar-refractivity contribution >= 4 is 23.4 Å². The summed E-state index contributed by atoms with van der Waals surface area (Å²) in [6.07, 6.45) is 0. The van der Waals surface area contributed by atoms with Crippen molar-refractivity contribution in [2.45, 2.75) is 0 Å². The highest BCUT2D eigenvalue weighted by atomic mass is 16.5. The lowest BCUT2D eigenvalue weighted by molar-refractivity contribution is -0.138. The van der Waals surface area contributed by atoms with E-state index in [0.29, 0.717) is 22.9 Å². The molecule has 0 heterocycles. The van der Waals surface area contributed by atoms with Crippen molar-refractivity contribution < 1.29 is 28.6 Å². The summed E-state index contributed by atoms with van der Waals surface area (Å²) < 4.78 is 15.4. The first-order valence-electron chi connectivity index (χ1n) is 7.83. The molecule has 9 heteroatoms. The summed E-state index contributed by atoms with van der Waals surface area (Å²) in [4.78, 5) is 35.4. The molecule has 0 spiro atoms. The van der Waals surface area contributed by atoms with Gasteiger partial charge in [-0.1, -0.05) is 18.2 Å². The number of anilines is 1. The van der Waals surface area contributed by atoms with Gasteiger partial charge in [0.2, 0.25) is 0 Å². The van der Waals surface area contributed by atoms with Gasteiger partial charge >= 0.3 is 11.8 Å². The van der Waals surface area contributed by atoms with Gasteiger partial charge in [-0.05, 0) is 24.3 Å². The Balaban J connectivity index is 1.78. The SMILES string of the molecule is COc1cccc(OCC(=O)NNC(=O)C(=O)Nc2ccccc2OC)c1. The Morgan fingerprint density at radius 1 is 0.852 bits per heavy atom. The average molecular weight is 373 g/mol. The van der Waals surface area contributed by atoms with E-state index >= 15 is 0 Å². The summed E-state index contributed by atoms with van der Waals surface area (Å²) in [5, 5.41) is 2.38. The molecule has 0 atom stereocenters. The quantitative estimate of drug-likeness (QED) is 0.511. The molecule has 0 bridgehead atoms. The number of rotatable bonds is 6. The number of hydrazine groups is 1. The number of ether oxygens (including phenoxy) is 3. The number of benzene rings is 2. The monoisotopic (exact) mass is 373 g/mol. The van der Waals surface area contributed by atoms with E-state index in [9.17, 15) is 14.4 Å². The Labute approximate surface area is 155 Å². The van der Waals surface area contributed by atoms with E-state index < -0.39 is 17.7 Å². The van der Waals surface area contributed by atoms with Crippen LogP contribution in [0.5, 0.6) is 17.2 Å². The molecule has 0 aliphatic heterocycles. The Morgan fingerprint density at radius 2 is 1.59 bits per heavy atom. The number of hydrogen-bond donors (Lipinski definition) is 3. The zero-order valence-corrected chi connectivity index (χ0v) is 14.8. The summed E-state index contributed by atoms with van der Waals surface area (Å²) in [6, 6.07) is 13.3. The Bertz CT molecular complexity index is 824. The van der Waals surface area contributed by atoms with Crippen molar-refractivity contribution in [2.24, 2.45) is 0 Å². The fraction of sp³-hybridized carbons (Fsp3) is 0.167. The van der Waals surface area contributed by atoms with Crippen LogP contribution in [0.4, 0.5) is 5.69 Å². The van der Waals surface area contributed by atoms with Gasteiger partial charge in [0.15, 0.2) is 6.61 Å². The minimum absolute atomic E-state index is 0.327. The van der Waals surface area contributed by atoms with Crippen molar-refractivity contribution in [1.82, 2.24) is 10.9 Å². The predicted molar refractivity (Wildman–Crippen MR) is 96.4 cm³/mol. The second-order valence-corrected chi connectivity index (χ2v) is 5.12. The number of methoxy groups -OCH3 is 2. The van der Waals surface area contributed by atoms with Crippen molar-refractivity contribution in [3.8, 4) is 17.2 Å². The van der Waals surface area contributed by atoms with Crippen LogP contribution in [-0.4, -0.2) is 38.5 Å². The van der Waals surface area contributed by atoms with E-state index in [1.165, 1.54) is 14.2 Å². The number of hydrogen-bond acceptors (Lipinski definition) is 6. The summed E-state index contributed by atoms with van der Waals surface area (Å²) in [5.41, 5.74) is 4.42. The first kappa shape index (κ1) is 19.6. The molecule has 0 aromatic heterocycles. The zero-order chi connectivity index (χ0) is 19.6.